The third-order valence-electron chi connectivity index (χ3n) is 9.36. The summed E-state index contributed by atoms with van der Waals surface area (Å²) in [6.45, 7) is 4.15. The summed E-state index contributed by atoms with van der Waals surface area (Å²) in [7, 11) is 3.37. The van der Waals surface area contributed by atoms with Crippen LogP contribution in [0.5, 0.6) is 5.75 Å². The zero-order chi connectivity index (χ0) is 37.0. The number of ether oxygens (including phenoxy) is 1. The third kappa shape index (κ3) is 10.3. The van der Waals surface area contributed by atoms with Crippen LogP contribution in [0.1, 0.15) is 73.8 Å². The van der Waals surface area contributed by atoms with Gasteiger partial charge in [0.1, 0.15) is 17.1 Å². The van der Waals surface area contributed by atoms with Crippen LogP contribution >= 0.6 is 0 Å². The Hall–Kier alpha value is -5.94. The van der Waals surface area contributed by atoms with Gasteiger partial charge in [0.05, 0.1) is 29.7 Å². The number of carbonyl (C=O) groups excluding carboxylic acids is 3. The highest BCUT2D eigenvalue weighted by atomic mass is 16.5. The molecule has 5 aromatic rings. The molecule has 1 aliphatic rings. The molecule has 2 aromatic carbocycles. The second-order valence-corrected chi connectivity index (χ2v) is 13.3. The van der Waals surface area contributed by atoms with Gasteiger partial charge in [-0.15, -0.1) is 0 Å². The van der Waals surface area contributed by atoms with Crippen molar-refractivity contribution in [2.45, 2.75) is 38.6 Å². The van der Waals surface area contributed by atoms with Crippen LogP contribution in [0, 0.1) is 0 Å². The third-order valence-corrected chi connectivity index (χ3v) is 9.36. The number of amides is 3. The van der Waals surface area contributed by atoms with E-state index < -0.39 is 0 Å². The Morgan fingerprint density at radius 1 is 0.792 bits per heavy atom. The van der Waals surface area contributed by atoms with Crippen molar-refractivity contribution >= 4 is 41.2 Å². The minimum Gasteiger partial charge on any atom is -0.497 e. The van der Waals surface area contributed by atoms with Crippen LogP contribution in [0.3, 0.4) is 0 Å². The molecule has 0 bridgehead atoms. The summed E-state index contributed by atoms with van der Waals surface area (Å²) in [5.41, 5.74) is 5.17. The topological polar surface area (TPSA) is 123 Å². The first-order chi connectivity index (χ1) is 25.8. The van der Waals surface area contributed by atoms with Crippen molar-refractivity contribution in [1.29, 1.82) is 0 Å². The summed E-state index contributed by atoms with van der Waals surface area (Å²) >= 11 is 0. The smallest absolute Gasteiger partial charge is 0.272 e. The fourth-order valence-corrected chi connectivity index (χ4v) is 6.45. The van der Waals surface area contributed by atoms with Crippen LogP contribution in [0.4, 0.5) is 11.4 Å². The standard InChI is InChI=1S/C42H47N7O4/c1-47-29-35(45-40(50)33-16-18-34(44-28-33)17-13-32-14-19-37(53-2)20-15-32)26-38(47)42(52)46-36-27-39(41(51)43-21-25-48-22-7-4-8-23-48)49(30-36)24-9-12-31-10-5-3-6-11-31/h3,5-6,10-11,13-20,26-30H,4,7-9,12,21-25H2,1-2H3,(H,43,51)(H,45,50)(H,46,52)/b17-13+. The van der Waals surface area contributed by atoms with Crippen molar-refractivity contribution in [2.24, 2.45) is 7.05 Å². The summed E-state index contributed by atoms with van der Waals surface area (Å²) in [6.07, 6.45) is 14.2. The molecule has 0 saturated carbocycles. The van der Waals surface area contributed by atoms with Gasteiger partial charge in [-0.1, -0.05) is 55.0 Å². The molecule has 0 atom stereocenters. The second kappa shape index (κ2) is 18.0. The molecule has 53 heavy (non-hydrogen) atoms. The molecule has 3 amide bonds. The summed E-state index contributed by atoms with van der Waals surface area (Å²) in [6, 6.07) is 24.8. The molecule has 1 fully saturated rings. The van der Waals surface area contributed by atoms with Gasteiger partial charge in [-0.3, -0.25) is 19.4 Å². The molecular formula is C42H47N7O4. The van der Waals surface area contributed by atoms with Crippen molar-refractivity contribution in [3.63, 3.8) is 0 Å². The normalized spacial score (nSPS) is 13.2. The number of likely N-dealkylation sites (tertiary alicyclic amines) is 1. The number of aromatic nitrogens is 3. The van der Waals surface area contributed by atoms with Gasteiger partial charge in [0.25, 0.3) is 17.7 Å². The van der Waals surface area contributed by atoms with E-state index in [-0.39, 0.29) is 17.7 Å². The molecule has 3 N–H and O–H groups in total. The van der Waals surface area contributed by atoms with Gasteiger partial charge in [-0.05, 0) is 92.4 Å². The first kappa shape index (κ1) is 36.8. The number of piperidine rings is 1. The molecule has 4 heterocycles. The second-order valence-electron chi connectivity index (χ2n) is 13.3. The minimum absolute atomic E-state index is 0.165. The lowest BCUT2D eigenvalue weighted by Gasteiger charge is -2.26. The van der Waals surface area contributed by atoms with Gasteiger partial charge in [0.2, 0.25) is 0 Å². The van der Waals surface area contributed by atoms with Crippen molar-refractivity contribution in [3.05, 3.63) is 131 Å². The SMILES string of the molecule is COc1ccc(/C=C/c2ccc(C(=O)Nc3cc(C(=O)Nc4cc(C(=O)NCCN5CCCCC5)n(CCCc5ccccc5)c4)n(C)c3)cn2)cc1. The predicted molar refractivity (Wildman–Crippen MR) is 209 cm³/mol. The van der Waals surface area contributed by atoms with E-state index in [1.54, 1.807) is 49.2 Å². The monoisotopic (exact) mass is 713 g/mol. The Morgan fingerprint density at radius 3 is 2.26 bits per heavy atom. The molecule has 11 heteroatoms. The van der Waals surface area contributed by atoms with E-state index in [0.29, 0.717) is 47.1 Å². The maximum Gasteiger partial charge on any atom is 0.272 e. The van der Waals surface area contributed by atoms with Gasteiger partial charge in [0.15, 0.2) is 0 Å². The van der Waals surface area contributed by atoms with Crippen LogP contribution in [-0.4, -0.2) is 70.0 Å². The lowest BCUT2D eigenvalue weighted by Crippen LogP contribution is -2.38. The lowest BCUT2D eigenvalue weighted by atomic mass is 10.1. The fraction of sp³-hybridized carbons (Fsp3) is 0.286. The molecule has 11 nitrogen and oxygen atoms in total. The van der Waals surface area contributed by atoms with Crippen molar-refractivity contribution in [3.8, 4) is 5.75 Å². The Balaban J connectivity index is 1.07. The number of methoxy groups -OCH3 is 1. The maximum absolute atomic E-state index is 13.5. The average Bonchev–Trinajstić information content (AvgIpc) is 3.77. The number of rotatable bonds is 15. The highest BCUT2D eigenvalue weighted by molar-refractivity contribution is 6.07. The Morgan fingerprint density at radius 2 is 1.53 bits per heavy atom. The predicted octanol–water partition coefficient (Wildman–Crippen LogP) is 6.75. The molecule has 0 unspecified atom stereocenters. The Bertz CT molecular complexity index is 2010. The highest BCUT2D eigenvalue weighted by Gasteiger charge is 2.19. The van der Waals surface area contributed by atoms with Crippen LogP contribution in [0.25, 0.3) is 12.2 Å². The Labute approximate surface area is 310 Å². The van der Waals surface area contributed by atoms with Gasteiger partial charge in [0, 0.05) is 45.3 Å². The lowest BCUT2D eigenvalue weighted by molar-refractivity contribution is 0.0935. The zero-order valence-corrected chi connectivity index (χ0v) is 30.4. The van der Waals surface area contributed by atoms with Gasteiger partial charge in [-0.2, -0.15) is 0 Å². The number of aryl methyl sites for hydroxylation is 3. The molecule has 1 saturated heterocycles. The molecular weight excluding hydrogens is 667 g/mol. The number of hydrogen-bond acceptors (Lipinski definition) is 6. The molecule has 0 aliphatic carbocycles. The minimum atomic E-state index is -0.360. The van der Waals surface area contributed by atoms with Gasteiger partial charge < -0.3 is 34.7 Å². The van der Waals surface area contributed by atoms with E-state index in [0.717, 1.165) is 43.8 Å². The fourth-order valence-electron chi connectivity index (χ4n) is 6.45. The molecule has 1 aliphatic heterocycles. The van der Waals surface area contributed by atoms with E-state index in [2.05, 4.69) is 38.0 Å². The highest BCUT2D eigenvalue weighted by Crippen LogP contribution is 2.20. The van der Waals surface area contributed by atoms with Crippen molar-refractivity contribution < 1.29 is 19.1 Å². The van der Waals surface area contributed by atoms with Crippen molar-refractivity contribution in [2.75, 3.05) is 43.9 Å². The molecule has 3 aromatic heterocycles. The summed E-state index contributed by atoms with van der Waals surface area (Å²) in [5, 5.41) is 8.91. The molecule has 6 rings (SSSR count). The van der Waals surface area contributed by atoms with Gasteiger partial charge >= 0.3 is 0 Å². The molecule has 274 valence electrons. The number of anilines is 2. The molecule has 0 radical (unpaired) electrons. The number of pyridine rings is 1. The number of benzene rings is 2. The summed E-state index contributed by atoms with van der Waals surface area (Å²) in [4.78, 5) is 46.7. The number of nitrogens with zero attached hydrogens (tertiary/aromatic N) is 4. The summed E-state index contributed by atoms with van der Waals surface area (Å²) in [5.74, 6) is -0.0806. The van der Waals surface area contributed by atoms with E-state index in [9.17, 15) is 14.4 Å². The van der Waals surface area contributed by atoms with Crippen LogP contribution < -0.4 is 20.7 Å². The van der Waals surface area contributed by atoms with E-state index in [4.69, 9.17) is 4.74 Å². The first-order valence-corrected chi connectivity index (χ1v) is 18.2. The Kier molecular flexibility index (Phi) is 12.5. The number of nitrogens with one attached hydrogen (secondary N) is 3. The van der Waals surface area contributed by atoms with E-state index in [1.807, 2.05) is 65.4 Å². The van der Waals surface area contributed by atoms with E-state index in [1.165, 1.54) is 31.0 Å². The van der Waals surface area contributed by atoms with Crippen molar-refractivity contribution in [1.82, 2.24) is 24.3 Å². The largest absolute Gasteiger partial charge is 0.497 e. The average molecular weight is 714 g/mol. The van der Waals surface area contributed by atoms with Crippen LogP contribution in [0.15, 0.2) is 97.5 Å². The van der Waals surface area contributed by atoms with Crippen LogP contribution in [-0.2, 0) is 20.0 Å². The zero-order valence-electron chi connectivity index (χ0n) is 30.4. The van der Waals surface area contributed by atoms with E-state index >= 15 is 0 Å². The first-order valence-electron chi connectivity index (χ1n) is 18.2. The van der Waals surface area contributed by atoms with Gasteiger partial charge in [-0.25, -0.2) is 0 Å². The number of carbonyl (C=O) groups is 3. The molecule has 0 spiro atoms. The summed E-state index contributed by atoms with van der Waals surface area (Å²) < 4.78 is 8.77. The van der Waals surface area contributed by atoms with Crippen LogP contribution in [0.2, 0.25) is 0 Å². The maximum atomic E-state index is 13.5. The number of hydrogen-bond donors (Lipinski definition) is 3. The quantitative estimate of drug-likeness (QED) is 0.110.